The van der Waals surface area contributed by atoms with E-state index in [0.717, 1.165) is 37.8 Å². The predicted octanol–water partition coefficient (Wildman–Crippen LogP) is 2.75. The number of rotatable bonds is 4. The average Bonchev–Trinajstić information content (AvgIpc) is 3.16. The van der Waals surface area contributed by atoms with Gasteiger partial charge in [0.15, 0.2) is 5.96 Å². The van der Waals surface area contributed by atoms with E-state index in [1.165, 1.54) is 24.8 Å². The van der Waals surface area contributed by atoms with Crippen molar-refractivity contribution in [3.63, 3.8) is 0 Å². The number of alkyl carbamates (subject to hydrolysis) is 1. The van der Waals surface area contributed by atoms with Gasteiger partial charge in [0.05, 0.1) is 6.04 Å². The normalized spacial score (nSPS) is 20.3. The highest BCUT2D eigenvalue weighted by Crippen LogP contribution is 2.18. The Morgan fingerprint density at radius 2 is 2.03 bits per heavy atom. The number of aliphatic imine (C=N–C) groups is 1. The zero-order valence-corrected chi connectivity index (χ0v) is 18.8. The van der Waals surface area contributed by atoms with E-state index in [2.05, 4.69) is 36.5 Å². The van der Waals surface area contributed by atoms with Crippen molar-refractivity contribution in [1.82, 2.24) is 20.5 Å². The molecule has 0 saturated carbocycles. The summed E-state index contributed by atoms with van der Waals surface area (Å²) < 4.78 is 5.36. The number of aromatic nitrogens is 1. The summed E-state index contributed by atoms with van der Waals surface area (Å²) in [5, 5.41) is 6.42. The van der Waals surface area contributed by atoms with Gasteiger partial charge in [-0.2, -0.15) is 0 Å². The highest BCUT2D eigenvalue weighted by molar-refractivity contribution is 5.80. The molecule has 0 radical (unpaired) electrons. The number of ether oxygens (including phenoxy) is 1. The molecular weight excluding hydrogens is 380 g/mol. The first kappa shape index (κ1) is 22.2. The lowest BCUT2D eigenvalue weighted by molar-refractivity contribution is 0.0507. The molecule has 166 valence electrons. The topological polar surface area (TPSA) is 82.1 Å². The maximum absolute atomic E-state index is 12.0. The monoisotopic (exact) mass is 416 g/mol. The van der Waals surface area contributed by atoms with Crippen molar-refractivity contribution in [1.29, 1.82) is 0 Å². The second-order valence-corrected chi connectivity index (χ2v) is 9.05. The molecule has 1 amide bonds. The predicted molar refractivity (Wildman–Crippen MR) is 120 cm³/mol. The van der Waals surface area contributed by atoms with Gasteiger partial charge in [0, 0.05) is 46.0 Å². The summed E-state index contributed by atoms with van der Waals surface area (Å²) in [5.74, 6) is 1.91. The Balaban J connectivity index is 1.50. The minimum absolute atomic E-state index is 0.0602. The number of hydrogen-bond donors (Lipinski definition) is 2. The van der Waals surface area contributed by atoms with Crippen molar-refractivity contribution < 1.29 is 9.53 Å². The van der Waals surface area contributed by atoms with Crippen molar-refractivity contribution in [2.75, 3.05) is 38.1 Å². The maximum atomic E-state index is 12.0. The van der Waals surface area contributed by atoms with E-state index in [0.29, 0.717) is 13.1 Å². The van der Waals surface area contributed by atoms with Crippen LogP contribution in [-0.4, -0.2) is 66.8 Å². The van der Waals surface area contributed by atoms with Crippen molar-refractivity contribution in [2.45, 2.75) is 64.6 Å². The van der Waals surface area contributed by atoms with Gasteiger partial charge in [-0.3, -0.25) is 4.99 Å². The SMILES string of the molecule is CN=C(NCc1ccnc(N2CCCCC2)c1)N1CCC(NC(=O)OC(C)(C)C)C1. The number of hydrogen-bond acceptors (Lipinski definition) is 5. The Bertz CT molecular complexity index is 739. The van der Waals surface area contributed by atoms with E-state index >= 15 is 0 Å². The first-order chi connectivity index (χ1) is 14.3. The Morgan fingerprint density at radius 3 is 2.73 bits per heavy atom. The van der Waals surface area contributed by atoms with Gasteiger partial charge in [-0.05, 0) is 64.2 Å². The van der Waals surface area contributed by atoms with Crippen molar-refractivity contribution >= 4 is 17.9 Å². The fourth-order valence-corrected chi connectivity index (χ4v) is 3.92. The summed E-state index contributed by atoms with van der Waals surface area (Å²) in [6.45, 7) is 10.0. The van der Waals surface area contributed by atoms with Crippen LogP contribution in [0.1, 0.15) is 52.0 Å². The lowest BCUT2D eigenvalue weighted by Crippen LogP contribution is -2.44. The summed E-state index contributed by atoms with van der Waals surface area (Å²) in [6.07, 6.45) is 6.19. The van der Waals surface area contributed by atoms with Crippen LogP contribution in [-0.2, 0) is 11.3 Å². The van der Waals surface area contributed by atoms with Crippen LogP contribution in [0.4, 0.5) is 10.6 Å². The van der Waals surface area contributed by atoms with Crippen LogP contribution >= 0.6 is 0 Å². The molecule has 1 aromatic rings. The molecule has 3 heterocycles. The number of pyridine rings is 1. The van der Waals surface area contributed by atoms with E-state index in [-0.39, 0.29) is 12.1 Å². The molecule has 0 aromatic carbocycles. The second-order valence-electron chi connectivity index (χ2n) is 9.05. The van der Waals surface area contributed by atoms with Crippen molar-refractivity contribution in [3.05, 3.63) is 23.9 Å². The van der Waals surface area contributed by atoms with E-state index < -0.39 is 5.60 Å². The minimum atomic E-state index is -0.489. The van der Waals surface area contributed by atoms with Gasteiger partial charge in [-0.1, -0.05) is 0 Å². The lowest BCUT2D eigenvalue weighted by Gasteiger charge is -2.28. The van der Waals surface area contributed by atoms with Crippen LogP contribution in [0.25, 0.3) is 0 Å². The minimum Gasteiger partial charge on any atom is -0.444 e. The Hall–Kier alpha value is -2.51. The Kier molecular flexibility index (Phi) is 7.39. The molecule has 1 atom stereocenters. The van der Waals surface area contributed by atoms with Gasteiger partial charge in [0.2, 0.25) is 0 Å². The number of nitrogens with one attached hydrogen (secondary N) is 2. The Labute approximate surface area is 180 Å². The fourth-order valence-electron chi connectivity index (χ4n) is 3.92. The van der Waals surface area contributed by atoms with E-state index in [1.807, 2.05) is 33.0 Å². The van der Waals surface area contributed by atoms with E-state index in [9.17, 15) is 4.79 Å². The van der Waals surface area contributed by atoms with Crippen molar-refractivity contribution in [3.8, 4) is 0 Å². The molecule has 0 bridgehead atoms. The molecule has 2 aliphatic rings. The van der Waals surface area contributed by atoms with Crippen LogP contribution < -0.4 is 15.5 Å². The van der Waals surface area contributed by atoms with Gasteiger partial charge in [-0.15, -0.1) is 0 Å². The third kappa shape index (κ3) is 6.50. The summed E-state index contributed by atoms with van der Waals surface area (Å²) in [7, 11) is 1.79. The summed E-state index contributed by atoms with van der Waals surface area (Å²) in [4.78, 5) is 25.6. The highest BCUT2D eigenvalue weighted by atomic mass is 16.6. The smallest absolute Gasteiger partial charge is 0.407 e. The molecule has 1 aromatic heterocycles. The van der Waals surface area contributed by atoms with Crippen LogP contribution in [0.3, 0.4) is 0 Å². The van der Waals surface area contributed by atoms with Crippen LogP contribution in [0, 0.1) is 0 Å². The number of carbonyl (C=O) groups excluding carboxylic acids is 1. The maximum Gasteiger partial charge on any atom is 0.407 e. The van der Waals surface area contributed by atoms with Gasteiger partial charge >= 0.3 is 6.09 Å². The summed E-state index contributed by atoms with van der Waals surface area (Å²) in [6, 6.07) is 4.28. The number of carbonyl (C=O) groups is 1. The number of likely N-dealkylation sites (tertiary alicyclic amines) is 1. The third-order valence-electron chi connectivity index (χ3n) is 5.36. The quantitative estimate of drug-likeness (QED) is 0.580. The second kappa shape index (κ2) is 10.00. The number of anilines is 1. The zero-order valence-electron chi connectivity index (χ0n) is 18.8. The summed E-state index contributed by atoms with van der Waals surface area (Å²) in [5.41, 5.74) is 0.701. The fraction of sp³-hybridized carbons (Fsp3) is 0.682. The van der Waals surface area contributed by atoms with Crippen LogP contribution in [0.5, 0.6) is 0 Å². The van der Waals surface area contributed by atoms with Crippen LogP contribution in [0.2, 0.25) is 0 Å². The molecule has 30 heavy (non-hydrogen) atoms. The largest absolute Gasteiger partial charge is 0.444 e. The van der Waals surface area contributed by atoms with Crippen molar-refractivity contribution in [2.24, 2.45) is 4.99 Å². The standard InChI is InChI=1S/C22H36N6O2/c1-22(2,3)30-21(29)26-18-9-13-28(16-18)20(23-4)25-15-17-8-10-24-19(14-17)27-11-6-5-7-12-27/h8,10,14,18H,5-7,9,11-13,15-16H2,1-4H3,(H,23,25)(H,26,29). The molecule has 0 aliphatic carbocycles. The number of piperidine rings is 1. The molecule has 3 rings (SSSR count). The van der Waals surface area contributed by atoms with Gasteiger partial charge < -0.3 is 25.2 Å². The lowest BCUT2D eigenvalue weighted by atomic mass is 10.1. The third-order valence-corrected chi connectivity index (χ3v) is 5.36. The van der Waals surface area contributed by atoms with Gasteiger partial charge in [-0.25, -0.2) is 9.78 Å². The first-order valence-corrected chi connectivity index (χ1v) is 11.0. The molecule has 2 saturated heterocycles. The zero-order chi connectivity index (χ0) is 21.6. The molecule has 8 heteroatoms. The number of guanidine groups is 1. The van der Waals surface area contributed by atoms with Crippen LogP contribution in [0.15, 0.2) is 23.3 Å². The average molecular weight is 417 g/mol. The molecule has 0 spiro atoms. The molecule has 2 fully saturated rings. The van der Waals surface area contributed by atoms with E-state index in [1.54, 1.807) is 7.05 Å². The highest BCUT2D eigenvalue weighted by Gasteiger charge is 2.27. The molecular formula is C22H36N6O2. The molecule has 2 aliphatic heterocycles. The molecule has 2 N–H and O–H groups in total. The first-order valence-electron chi connectivity index (χ1n) is 11.0. The van der Waals surface area contributed by atoms with Gasteiger partial charge in [0.1, 0.15) is 11.4 Å². The number of amides is 1. The van der Waals surface area contributed by atoms with E-state index in [4.69, 9.17) is 4.74 Å². The van der Waals surface area contributed by atoms with Gasteiger partial charge in [0.25, 0.3) is 0 Å². The Morgan fingerprint density at radius 1 is 1.27 bits per heavy atom. The molecule has 1 unspecified atom stereocenters. The number of nitrogens with zero attached hydrogens (tertiary/aromatic N) is 4. The molecule has 8 nitrogen and oxygen atoms in total. The summed E-state index contributed by atoms with van der Waals surface area (Å²) >= 11 is 0.